The van der Waals surface area contributed by atoms with Crippen molar-refractivity contribution in [1.29, 1.82) is 0 Å². The van der Waals surface area contributed by atoms with Crippen molar-refractivity contribution in [3.8, 4) is 5.75 Å². The molecule has 3 aliphatic rings. The summed E-state index contributed by atoms with van der Waals surface area (Å²) in [6.07, 6.45) is 11.3. The summed E-state index contributed by atoms with van der Waals surface area (Å²) >= 11 is 11.7. The first-order chi connectivity index (χ1) is 30.9. The van der Waals surface area contributed by atoms with Crippen molar-refractivity contribution >= 4 is 133 Å². The van der Waals surface area contributed by atoms with Crippen LogP contribution in [0.25, 0.3) is 22.3 Å². The second kappa shape index (κ2) is 26.7. The molecule has 326 valence electrons. The Labute approximate surface area is 402 Å². The quantitative estimate of drug-likeness (QED) is 0.122. The highest BCUT2D eigenvalue weighted by molar-refractivity contribution is 9.12. The second-order valence-corrected chi connectivity index (χ2v) is 17.3. The molecule has 5 aromatic carbocycles. The Kier molecular flexibility index (Phi) is 21.6. The molecule has 0 unspecified atom stereocenters. The molecule has 5 aromatic rings. The lowest BCUT2D eigenvalue weighted by Gasteiger charge is -2.15. The number of rotatable bonds is 7. The minimum absolute atomic E-state index is 0.0337. The molecule has 3 aliphatic heterocycles. The van der Waals surface area contributed by atoms with Crippen LogP contribution in [0.4, 0.5) is 8.78 Å². The number of phenols is 1. The number of aliphatic imine (C=N–C) groups is 3. The fourth-order valence-electron chi connectivity index (χ4n) is 5.81. The predicted molar refractivity (Wildman–Crippen MR) is 271 cm³/mol. The van der Waals surface area contributed by atoms with Gasteiger partial charge in [0.15, 0.2) is 17.3 Å². The molecule has 0 aliphatic carbocycles. The van der Waals surface area contributed by atoms with Crippen molar-refractivity contribution in [3.63, 3.8) is 0 Å². The van der Waals surface area contributed by atoms with Crippen LogP contribution in [-0.2, 0) is 14.4 Å². The number of allylic oxidation sites excluding steroid dienone is 3. The minimum atomic E-state index is -0.331. The van der Waals surface area contributed by atoms with Crippen LogP contribution in [-0.4, -0.2) is 92.6 Å². The molecule has 2 N–H and O–H groups in total. The van der Waals surface area contributed by atoms with Crippen molar-refractivity contribution in [2.45, 2.75) is 14.7 Å². The van der Waals surface area contributed by atoms with Gasteiger partial charge in [0.1, 0.15) is 37.0 Å². The average Bonchev–Trinajstić information content (AvgIpc) is 3.33. The van der Waals surface area contributed by atoms with Gasteiger partial charge in [-0.05, 0) is 146 Å². The van der Waals surface area contributed by atoms with E-state index in [4.69, 9.17) is 10.1 Å². The van der Waals surface area contributed by atoms with Gasteiger partial charge in [0.05, 0.1) is 8.96 Å². The summed E-state index contributed by atoms with van der Waals surface area (Å²) < 4.78 is 26.3. The molecule has 0 amide bonds. The molecule has 0 fully saturated rings. The molecule has 0 spiro atoms. The number of aromatic hydroxyl groups is 1. The number of halogens is 4. The largest absolute Gasteiger partial charge is 0.508 e. The Morgan fingerprint density at radius 3 is 1.11 bits per heavy atom. The number of hydrogen-bond acceptors (Lipinski definition) is 11. The molecule has 0 saturated carbocycles. The number of nitrogens with zero attached hydrogens (tertiary/aromatic N) is 3. The van der Waals surface area contributed by atoms with Crippen molar-refractivity contribution in [1.82, 2.24) is 0 Å². The van der Waals surface area contributed by atoms with Crippen LogP contribution in [0.2, 0.25) is 0 Å². The van der Waals surface area contributed by atoms with Crippen LogP contribution in [0.15, 0.2) is 160 Å². The van der Waals surface area contributed by atoms with E-state index in [1.165, 1.54) is 46.2 Å². The lowest BCUT2D eigenvalue weighted by Crippen LogP contribution is -2.13. The van der Waals surface area contributed by atoms with E-state index in [2.05, 4.69) is 54.9 Å². The van der Waals surface area contributed by atoms with Gasteiger partial charge in [-0.1, -0.05) is 48.5 Å². The third kappa shape index (κ3) is 15.1. The number of carbonyl (C=O) groups excluding carboxylic acids is 3. The van der Waals surface area contributed by atoms with E-state index in [-0.39, 0.29) is 54.4 Å². The summed E-state index contributed by atoms with van der Waals surface area (Å²) in [7, 11) is 3.50. The van der Waals surface area contributed by atoms with Gasteiger partial charge < -0.3 is 10.1 Å². The van der Waals surface area contributed by atoms with Crippen LogP contribution in [0.5, 0.6) is 5.75 Å². The van der Waals surface area contributed by atoms with Gasteiger partial charge in [-0.3, -0.25) is 29.4 Å². The van der Waals surface area contributed by atoms with Gasteiger partial charge in [0, 0.05) is 55.6 Å². The number of carbonyl (C=O) groups is 3. The van der Waals surface area contributed by atoms with Crippen LogP contribution < -0.4 is 0 Å². The number of hydrogen-bond donors (Lipinski definition) is 2. The van der Waals surface area contributed by atoms with Crippen molar-refractivity contribution < 1.29 is 33.3 Å². The monoisotopic (exact) mass is 1040 g/mol. The number of phenolic OH excluding ortho intramolecular Hbond substituents is 1. The van der Waals surface area contributed by atoms with Crippen molar-refractivity contribution in [2.75, 3.05) is 38.4 Å². The van der Waals surface area contributed by atoms with E-state index < -0.39 is 0 Å². The number of ketones is 3. The zero-order chi connectivity index (χ0) is 46.6. The normalized spacial score (nSPS) is 14.1. The van der Waals surface area contributed by atoms with Crippen LogP contribution in [0, 0.1) is 11.6 Å². The Hall–Kier alpha value is -4.97. The summed E-state index contributed by atoms with van der Waals surface area (Å²) in [6.45, 7) is 0.624. The van der Waals surface area contributed by atoms with Gasteiger partial charge >= 0.3 is 0 Å². The van der Waals surface area contributed by atoms with E-state index in [0.29, 0.717) is 14.5 Å². The maximum Gasteiger partial charge on any atom is 0.277 e. The van der Waals surface area contributed by atoms with E-state index in [0.717, 1.165) is 43.9 Å². The van der Waals surface area contributed by atoms with E-state index in [9.17, 15) is 23.2 Å². The lowest BCUT2D eigenvalue weighted by molar-refractivity contribution is -0.114. The predicted octanol–water partition coefficient (Wildman–Crippen LogP) is 11.0. The van der Waals surface area contributed by atoms with E-state index in [1.807, 2.05) is 91.6 Å². The molecule has 0 aromatic heterocycles. The zero-order valence-corrected chi connectivity index (χ0v) is 40.3. The first-order valence-electron chi connectivity index (χ1n) is 18.9. The molecule has 8 rings (SSSR count). The van der Waals surface area contributed by atoms with Crippen LogP contribution >= 0.6 is 67.1 Å². The molecule has 0 bridgehead atoms. The first kappa shape index (κ1) is 51.7. The molecular formula is C48H40BBr2F2N3O5S3. The maximum atomic E-state index is 13.1. The molecule has 64 heavy (non-hydrogen) atoms. The highest BCUT2D eigenvalue weighted by Crippen LogP contribution is 2.31. The Balaban J connectivity index is 0.000000193. The third-order valence-electron chi connectivity index (χ3n) is 9.04. The van der Waals surface area contributed by atoms with E-state index in [1.54, 1.807) is 66.1 Å². The summed E-state index contributed by atoms with van der Waals surface area (Å²) in [5.74, 6) is -0.530. The summed E-state index contributed by atoms with van der Waals surface area (Å²) in [5.41, 5.74) is 6.81. The zero-order valence-electron chi connectivity index (χ0n) is 34.7. The smallest absolute Gasteiger partial charge is 0.277 e. The molecular weight excluding hydrogens is 1000 g/mol. The molecule has 3 heterocycles. The van der Waals surface area contributed by atoms with Crippen molar-refractivity contribution in [3.05, 3.63) is 164 Å². The van der Waals surface area contributed by atoms with Gasteiger partial charge in [-0.15, -0.1) is 35.3 Å². The average molecular weight is 1040 g/mol. The number of dihydropyridines is 3. The Morgan fingerprint density at radius 2 is 0.766 bits per heavy atom. The molecule has 2 radical (unpaired) electrons. The number of benzene rings is 5. The molecule has 8 nitrogen and oxygen atoms in total. The minimum Gasteiger partial charge on any atom is -0.508 e. The van der Waals surface area contributed by atoms with Crippen LogP contribution in [0.1, 0.15) is 22.3 Å². The van der Waals surface area contributed by atoms with Crippen molar-refractivity contribution in [2.24, 2.45) is 15.0 Å². The van der Waals surface area contributed by atoms with Crippen LogP contribution in [0.3, 0.4) is 0 Å². The Bertz CT molecular complexity index is 2470. The highest BCUT2D eigenvalue weighted by atomic mass is 79.9. The second-order valence-electron chi connectivity index (χ2n) is 13.1. The van der Waals surface area contributed by atoms with Gasteiger partial charge in [-0.25, -0.2) is 8.78 Å². The van der Waals surface area contributed by atoms with Gasteiger partial charge in [-0.2, -0.15) is 0 Å². The molecule has 0 atom stereocenters. The third-order valence-corrected chi connectivity index (χ3v) is 13.0. The number of thioether (sulfide) groups is 3. The lowest BCUT2D eigenvalue weighted by atomic mass is 9.91. The molecule has 0 saturated heterocycles. The SMILES string of the molecule is CSc1ccc(C2=C(Br)C(=O)CN=C2)cc1.CSc1ccc(C2=C(Br)C(=O)CN=C2)cc1.CSc1ccc(C2=C(c3ccc(F)cc3)C(=O)CN=C2)cc1.Oc1ccc(F)cc1.[B]O. The summed E-state index contributed by atoms with van der Waals surface area (Å²) in [5, 5.41) is 15.1. The van der Waals surface area contributed by atoms with Gasteiger partial charge in [0.2, 0.25) is 0 Å². The molecule has 16 heteroatoms. The fraction of sp³-hybridized carbons (Fsp3) is 0.125. The standard InChI is InChI=1S/C18H14FNOS.2C12H10BrNOS.C6H5FO.BHO/c1-22-15-8-4-12(5-9-15)16-10-20-11-17(21)18(16)13-2-6-14(19)7-3-13;2*1-16-9-4-2-8(3-5-9)10-6-14-7-11(15)12(10)13;7-5-1-3-6(8)4-2-5;1-2/h2-10H,11H2,1H3;2*2-6H,7H2,1H3;1-4,8H;2H. The maximum absolute atomic E-state index is 13.1. The van der Waals surface area contributed by atoms with Gasteiger partial charge in [0.25, 0.3) is 8.05 Å². The summed E-state index contributed by atoms with van der Waals surface area (Å²) in [4.78, 5) is 51.1. The number of Topliss-reactive ketones (excluding diaryl/α,β-unsaturated/α-hetero) is 3. The van der Waals surface area contributed by atoms with E-state index >= 15 is 0 Å². The fourth-order valence-corrected chi connectivity index (χ4v) is 7.95. The highest BCUT2D eigenvalue weighted by Gasteiger charge is 2.21. The summed E-state index contributed by atoms with van der Waals surface area (Å²) in [6, 6.07) is 35.2. The first-order valence-corrected chi connectivity index (χ1v) is 24.2. The Morgan fingerprint density at radius 1 is 0.469 bits per heavy atom. The topological polar surface area (TPSA) is 129 Å².